The van der Waals surface area contributed by atoms with E-state index in [4.69, 9.17) is 4.74 Å². The van der Waals surface area contributed by atoms with Gasteiger partial charge in [0.1, 0.15) is 0 Å². The monoisotopic (exact) mass is 354 g/mol. The molecule has 0 bridgehead atoms. The molecule has 0 aromatic heterocycles. The van der Waals surface area contributed by atoms with Crippen molar-refractivity contribution in [3.05, 3.63) is 70.7 Å². The molecule has 0 radical (unpaired) electrons. The van der Waals surface area contributed by atoms with E-state index < -0.39 is 0 Å². The van der Waals surface area contributed by atoms with Gasteiger partial charge >= 0.3 is 5.97 Å². The second-order valence-corrected chi connectivity index (χ2v) is 5.80. The van der Waals surface area contributed by atoms with Crippen molar-refractivity contribution in [3.8, 4) is 11.1 Å². The van der Waals surface area contributed by atoms with Crippen LogP contribution in [0.15, 0.2) is 65.1 Å². The van der Waals surface area contributed by atoms with E-state index in [9.17, 15) is 4.79 Å². The maximum atomic E-state index is 12.3. The normalized spacial score (nSPS) is 10.6. The summed E-state index contributed by atoms with van der Waals surface area (Å²) in [6, 6.07) is 20.1. The molecule has 2 nitrogen and oxygen atoms in total. The molecule has 0 spiro atoms. The number of hydrogen-bond acceptors (Lipinski definition) is 2. The number of rotatable bonds is 3. The molecule has 3 aromatic carbocycles. The lowest BCUT2D eigenvalue weighted by Gasteiger charge is -2.11. The van der Waals surface area contributed by atoms with Gasteiger partial charge < -0.3 is 4.74 Å². The molecule has 22 heavy (non-hydrogen) atoms. The van der Waals surface area contributed by atoms with Gasteiger partial charge in [0.15, 0.2) is 0 Å². The molecule has 0 N–H and O–H groups in total. The van der Waals surface area contributed by atoms with Crippen LogP contribution in [0.25, 0.3) is 21.9 Å². The van der Waals surface area contributed by atoms with Crippen LogP contribution in [0.1, 0.15) is 17.3 Å². The van der Waals surface area contributed by atoms with Gasteiger partial charge in [0.2, 0.25) is 0 Å². The Morgan fingerprint density at radius 3 is 2.55 bits per heavy atom. The fourth-order valence-corrected chi connectivity index (χ4v) is 3.06. The van der Waals surface area contributed by atoms with Crippen molar-refractivity contribution in [1.82, 2.24) is 0 Å². The summed E-state index contributed by atoms with van der Waals surface area (Å²) in [5.74, 6) is -0.307. The molecule has 3 heteroatoms. The highest BCUT2D eigenvalue weighted by molar-refractivity contribution is 9.10. The van der Waals surface area contributed by atoms with Gasteiger partial charge in [-0.05, 0) is 56.9 Å². The number of hydrogen-bond donors (Lipinski definition) is 0. The molecule has 0 heterocycles. The Morgan fingerprint density at radius 2 is 1.77 bits per heavy atom. The minimum absolute atomic E-state index is 0.307. The number of ether oxygens (including phenoxy) is 1. The summed E-state index contributed by atoms with van der Waals surface area (Å²) in [4.78, 5) is 12.3. The molecule has 0 aliphatic heterocycles. The predicted molar refractivity (Wildman–Crippen MR) is 93.0 cm³/mol. The van der Waals surface area contributed by atoms with E-state index in [0.29, 0.717) is 12.2 Å². The van der Waals surface area contributed by atoms with E-state index >= 15 is 0 Å². The van der Waals surface area contributed by atoms with E-state index in [1.165, 1.54) is 5.39 Å². The summed E-state index contributed by atoms with van der Waals surface area (Å²) in [5.41, 5.74) is 2.45. The smallest absolute Gasteiger partial charge is 0.339 e. The number of carbonyl (C=O) groups excluding carboxylic acids is 1. The Labute approximate surface area is 137 Å². The molecule has 0 saturated carbocycles. The number of fused-ring (bicyclic) bond motifs is 1. The van der Waals surface area contributed by atoms with Gasteiger partial charge in [-0.2, -0.15) is 0 Å². The molecule has 0 atom stereocenters. The minimum atomic E-state index is -0.307. The highest BCUT2D eigenvalue weighted by Crippen LogP contribution is 2.32. The first-order valence-corrected chi connectivity index (χ1v) is 7.95. The van der Waals surface area contributed by atoms with Crippen LogP contribution in [0.2, 0.25) is 0 Å². The summed E-state index contributed by atoms with van der Waals surface area (Å²) in [6.45, 7) is 2.17. The van der Waals surface area contributed by atoms with E-state index in [0.717, 1.165) is 21.0 Å². The van der Waals surface area contributed by atoms with Gasteiger partial charge in [0, 0.05) is 4.47 Å². The third-order valence-corrected chi connectivity index (χ3v) is 4.21. The fourth-order valence-electron chi connectivity index (χ4n) is 2.53. The number of benzene rings is 3. The van der Waals surface area contributed by atoms with E-state index in [2.05, 4.69) is 40.2 Å². The molecule has 0 aliphatic carbocycles. The largest absolute Gasteiger partial charge is 0.462 e. The molecule has 0 unspecified atom stereocenters. The van der Waals surface area contributed by atoms with E-state index in [-0.39, 0.29) is 5.97 Å². The Bertz CT molecular complexity index is 840. The average molecular weight is 355 g/mol. The predicted octanol–water partition coefficient (Wildman–Crippen LogP) is 5.45. The van der Waals surface area contributed by atoms with Crippen molar-refractivity contribution in [2.75, 3.05) is 6.61 Å². The summed E-state index contributed by atoms with van der Waals surface area (Å²) in [7, 11) is 0. The van der Waals surface area contributed by atoms with Crippen molar-refractivity contribution in [3.63, 3.8) is 0 Å². The van der Waals surface area contributed by atoms with Crippen molar-refractivity contribution >= 4 is 32.7 Å². The molecule has 3 rings (SSSR count). The molecular weight excluding hydrogens is 340 g/mol. The van der Waals surface area contributed by atoms with Crippen LogP contribution in [-0.2, 0) is 4.74 Å². The van der Waals surface area contributed by atoms with Crippen LogP contribution in [0.4, 0.5) is 0 Å². The van der Waals surface area contributed by atoms with E-state index in [1.807, 2.05) is 43.3 Å². The van der Waals surface area contributed by atoms with Crippen LogP contribution >= 0.6 is 15.9 Å². The maximum absolute atomic E-state index is 12.3. The number of carbonyl (C=O) groups is 1. The zero-order valence-electron chi connectivity index (χ0n) is 12.2. The molecule has 0 amide bonds. The second-order valence-electron chi connectivity index (χ2n) is 4.94. The molecule has 3 aromatic rings. The molecule has 0 saturated heterocycles. The summed E-state index contributed by atoms with van der Waals surface area (Å²) >= 11 is 3.46. The molecule has 110 valence electrons. The first kappa shape index (κ1) is 14.8. The van der Waals surface area contributed by atoms with Gasteiger partial charge in [0.25, 0.3) is 0 Å². The van der Waals surface area contributed by atoms with Crippen LogP contribution in [-0.4, -0.2) is 12.6 Å². The van der Waals surface area contributed by atoms with Gasteiger partial charge in [-0.3, -0.25) is 0 Å². The summed E-state index contributed by atoms with van der Waals surface area (Å²) in [5, 5.41) is 2.33. The number of halogens is 1. The van der Waals surface area contributed by atoms with Gasteiger partial charge in [-0.1, -0.05) is 48.5 Å². The second kappa shape index (κ2) is 6.32. The van der Waals surface area contributed by atoms with Gasteiger partial charge in [-0.25, -0.2) is 4.79 Å². The Kier molecular flexibility index (Phi) is 4.25. The van der Waals surface area contributed by atoms with Crippen LogP contribution in [0.5, 0.6) is 0 Å². The van der Waals surface area contributed by atoms with Crippen LogP contribution < -0.4 is 0 Å². The quantitative estimate of drug-likeness (QED) is 0.585. The lowest BCUT2D eigenvalue weighted by Crippen LogP contribution is -2.07. The zero-order valence-corrected chi connectivity index (χ0v) is 13.8. The summed E-state index contributed by atoms with van der Waals surface area (Å²) < 4.78 is 5.94. The van der Waals surface area contributed by atoms with Crippen molar-refractivity contribution in [1.29, 1.82) is 0 Å². The maximum Gasteiger partial charge on any atom is 0.339 e. The third-order valence-electron chi connectivity index (χ3n) is 3.55. The lowest BCUT2D eigenvalue weighted by atomic mass is 9.97. The van der Waals surface area contributed by atoms with Gasteiger partial charge in [0.05, 0.1) is 12.2 Å². The Balaban J connectivity index is 2.17. The molecule has 0 aliphatic rings. The third kappa shape index (κ3) is 2.77. The topological polar surface area (TPSA) is 26.3 Å². The first-order chi connectivity index (χ1) is 10.7. The zero-order chi connectivity index (χ0) is 15.5. The molecule has 0 fully saturated rings. The van der Waals surface area contributed by atoms with Gasteiger partial charge in [-0.15, -0.1) is 0 Å². The number of esters is 1. The summed E-state index contributed by atoms with van der Waals surface area (Å²) in [6.07, 6.45) is 0. The van der Waals surface area contributed by atoms with Crippen molar-refractivity contribution in [2.45, 2.75) is 6.92 Å². The Hall–Kier alpha value is -2.13. The SMILES string of the molecule is CCOC(=O)c1c(Br)cccc1-c1ccc2ccccc2c1. The highest BCUT2D eigenvalue weighted by atomic mass is 79.9. The lowest BCUT2D eigenvalue weighted by molar-refractivity contribution is 0.0526. The van der Waals surface area contributed by atoms with Crippen LogP contribution in [0, 0.1) is 0 Å². The van der Waals surface area contributed by atoms with Crippen molar-refractivity contribution in [2.24, 2.45) is 0 Å². The standard InChI is InChI=1S/C19H15BrO2/c1-2-22-19(21)18-16(8-5-9-17(18)20)15-11-10-13-6-3-4-7-14(13)12-15/h3-12H,2H2,1H3. The highest BCUT2D eigenvalue weighted by Gasteiger charge is 2.17. The minimum Gasteiger partial charge on any atom is -0.462 e. The first-order valence-electron chi connectivity index (χ1n) is 7.15. The average Bonchev–Trinajstić information content (AvgIpc) is 2.54. The fraction of sp³-hybridized carbons (Fsp3) is 0.105. The van der Waals surface area contributed by atoms with Crippen LogP contribution in [0.3, 0.4) is 0 Å². The molecular formula is C19H15BrO2. The van der Waals surface area contributed by atoms with E-state index in [1.54, 1.807) is 0 Å². The Morgan fingerprint density at radius 1 is 1.00 bits per heavy atom. The van der Waals surface area contributed by atoms with Crippen molar-refractivity contribution < 1.29 is 9.53 Å².